The van der Waals surface area contributed by atoms with Gasteiger partial charge in [-0.25, -0.2) is 4.39 Å². The lowest BCUT2D eigenvalue weighted by molar-refractivity contribution is 0.267. The molecule has 1 atom stereocenters. The molecule has 0 aromatic heterocycles. The van der Waals surface area contributed by atoms with Crippen molar-refractivity contribution in [1.82, 2.24) is 9.80 Å². The van der Waals surface area contributed by atoms with Gasteiger partial charge in [-0.15, -0.1) is 0 Å². The number of likely N-dealkylation sites (tertiary alicyclic amines) is 1. The molecule has 1 fully saturated rings. The predicted octanol–water partition coefficient (Wildman–Crippen LogP) is 1.79. The third kappa shape index (κ3) is 3.21. The van der Waals surface area contributed by atoms with Crippen molar-refractivity contribution in [2.75, 3.05) is 39.5 Å². The van der Waals surface area contributed by atoms with Crippen LogP contribution in [0.15, 0.2) is 18.2 Å². The Morgan fingerprint density at radius 1 is 1.50 bits per heavy atom. The van der Waals surface area contributed by atoms with Crippen molar-refractivity contribution in [3.63, 3.8) is 0 Å². The number of nitrogens with two attached hydrogens (primary N) is 1. The van der Waals surface area contributed by atoms with Gasteiger partial charge in [0.25, 0.3) is 0 Å². The minimum Gasteiger partial charge on any atom is -0.396 e. The lowest BCUT2D eigenvalue weighted by atomic mass is 10.1. The van der Waals surface area contributed by atoms with Crippen molar-refractivity contribution in [3.05, 3.63) is 29.6 Å². The lowest BCUT2D eigenvalue weighted by Gasteiger charge is -2.21. The van der Waals surface area contributed by atoms with E-state index in [2.05, 4.69) is 23.9 Å². The van der Waals surface area contributed by atoms with Crippen molar-refractivity contribution < 1.29 is 4.39 Å². The Labute approximate surface area is 108 Å². The second kappa shape index (κ2) is 5.67. The van der Waals surface area contributed by atoms with Gasteiger partial charge in [-0.1, -0.05) is 12.1 Å². The summed E-state index contributed by atoms with van der Waals surface area (Å²) in [5.41, 5.74) is 6.91. The summed E-state index contributed by atoms with van der Waals surface area (Å²) in [7, 11) is 4.23. The average molecular weight is 251 g/mol. The standard InChI is InChI=1S/C14H22FN3/c1-17-7-6-11(8-17)9-18(2)10-12-4-3-5-13(15)14(12)16/h3-5,11H,6-10,16H2,1-2H3. The van der Waals surface area contributed by atoms with Gasteiger partial charge in [0.05, 0.1) is 5.69 Å². The van der Waals surface area contributed by atoms with Crippen LogP contribution < -0.4 is 5.73 Å². The first-order chi connectivity index (χ1) is 8.56. The van der Waals surface area contributed by atoms with Gasteiger partial charge in [0.2, 0.25) is 0 Å². The molecule has 1 aromatic rings. The number of hydrogen-bond donors (Lipinski definition) is 1. The van der Waals surface area contributed by atoms with E-state index in [4.69, 9.17) is 5.73 Å². The molecule has 0 amide bonds. The van der Waals surface area contributed by atoms with E-state index in [0.29, 0.717) is 6.54 Å². The Bertz CT molecular complexity index is 408. The van der Waals surface area contributed by atoms with Gasteiger partial charge in [-0.2, -0.15) is 0 Å². The highest BCUT2D eigenvalue weighted by molar-refractivity contribution is 5.47. The van der Waals surface area contributed by atoms with Gasteiger partial charge in [0, 0.05) is 19.6 Å². The zero-order valence-corrected chi connectivity index (χ0v) is 11.2. The molecule has 0 spiro atoms. The summed E-state index contributed by atoms with van der Waals surface area (Å²) >= 11 is 0. The topological polar surface area (TPSA) is 32.5 Å². The molecule has 18 heavy (non-hydrogen) atoms. The second-order valence-corrected chi connectivity index (χ2v) is 5.43. The SMILES string of the molecule is CN1CCC(CN(C)Cc2cccc(F)c2N)C1. The van der Waals surface area contributed by atoms with Gasteiger partial charge in [0.15, 0.2) is 0 Å². The molecule has 0 saturated carbocycles. The number of rotatable bonds is 4. The van der Waals surface area contributed by atoms with E-state index in [1.165, 1.54) is 19.0 Å². The number of para-hydroxylation sites is 1. The number of hydrogen-bond acceptors (Lipinski definition) is 3. The van der Waals surface area contributed by atoms with Crippen molar-refractivity contribution >= 4 is 5.69 Å². The van der Waals surface area contributed by atoms with Crippen molar-refractivity contribution in [2.24, 2.45) is 5.92 Å². The number of nitrogen functional groups attached to an aromatic ring is 1. The van der Waals surface area contributed by atoms with Crippen LogP contribution in [-0.4, -0.2) is 43.5 Å². The second-order valence-electron chi connectivity index (χ2n) is 5.43. The number of anilines is 1. The maximum atomic E-state index is 13.3. The van der Waals surface area contributed by atoms with Crippen LogP contribution in [0.3, 0.4) is 0 Å². The summed E-state index contributed by atoms with van der Waals surface area (Å²) in [6.07, 6.45) is 1.25. The highest BCUT2D eigenvalue weighted by Gasteiger charge is 2.20. The molecular formula is C14H22FN3. The fourth-order valence-corrected chi connectivity index (χ4v) is 2.69. The first-order valence-corrected chi connectivity index (χ1v) is 6.46. The predicted molar refractivity (Wildman–Crippen MR) is 72.8 cm³/mol. The summed E-state index contributed by atoms with van der Waals surface area (Å²) in [6, 6.07) is 5.03. The first kappa shape index (κ1) is 13.3. The third-order valence-corrected chi connectivity index (χ3v) is 3.64. The first-order valence-electron chi connectivity index (χ1n) is 6.46. The molecule has 2 N–H and O–H groups in total. The normalized spacial score (nSPS) is 20.8. The Morgan fingerprint density at radius 3 is 2.94 bits per heavy atom. The minimum atomic E-state index is -0.318. The minimum absolute atomic E-state index is 0.285. The zero-order valence-electron chi connectivity index (χ0n) is 11.2. The quantitative estimate of drug-likeness (QED) is 0.828. The lowest BCUT2D eigenvalue weighted by Crippen LogP contribution is -2.27. The van der Waals surface area contributed by atoms with Crippen molar-refractivity contribution in [1.29, 1.82) is 0 Å². The van der Waals surface area contributed by atoms with Crippen LogP contribution in [0, 0.1) is 11.7 Å². The maximum absolute atomic E-state index is 13.3. The van der Waals surface area contributed by atoms with E-state index in [0.717, 1.165) is 24.6 Å². The van der Waals surface area contributed by atoms with Gasteiger partial charge < -0.3 is 15.5 Å². The summed E-state index contributed by atoms with van der Waals surface area (Å²) in [5, 5.41) is 0. The molecule has 1 aromatic carbocycles. The van der Waals surface area contributed by atoms with Crippen LogP contribution in [-0.2, 0) is 6.54 Å². The molecule has 0 bridgehead atoms. The van der Waals surface area contributed by atoms with Gasteiger partial charge in [-0.3, -0.25) is 0 Å². The Morgan fingerprint density at radius 2 is 2.28 bits per heavy atom. The third-order valence-electron chi connectivity index (χ3n) is 3.64. The highest BCUT2D eigenvalue weighted by atomic mass is 19.1. The molecular weight excluding hydrogens is 229 g/mol. The van der Waals surface area contributed by atoms with Crippen molar-refractivity contribution in [2.45, 2.75) is 13.0 Å². The van der Waals surface area contributed by atoms with E-state index in [-0.39, 0.29) is 11.5 Å². The molecule has 0 aliphatic carbocycles. The molecule has 100 valence electrons. The van der Waals surface area contributed by atoms with Gasteiger partial charge >= 0.3 is 0 Å². The van der Waals surface area contributed by atoms with Crippen LogP contribution in [0.25, 0.3) is 0 Å². The molecule has 2 rings (SSSR count). The van der Waals surface area contributed by atoms with E-state index in [9.17, 15) is 4.39 Å². The monoisotopic (exact) mass is 251 g/mol. The van der Waals surface area contributed by atoms with Crippen molar-refractivity contribution in [3.8, 4) is 0 Å². The fraction of sp³-hybridized carbons (Fsp3) is 0.571. The Balaban J connectivity index is 1.90. The van der Waals surface area contributed by atoms with E-state index < -0.39 is 0 Å². The molecule has 1 unspecified atom stereocenters. The van der Waals surface area contributed by atoms with Crippen LogP contribution >= 0.6 is 0 Å². The summed E-state index contributed by atoms with van der Waals surface area (Å²) in [5.74, 6) is 0.399. The molecule has 4 heteroatoms. The summed E-state index contributed by atoms with van der Waals surface area (Å²) < 4.78 is 13.3. The fourth-order valence-electron chi connectivity index (χ4n) is 2.69. The number of halogens is 1. The molecule has 1 aliphatic heterocycles. The number of nitrogens with zero attached hydrogens (tertiary/aromatic N) is 2. The average Bonchev–Trinajstić information content (AvgIpc) is 2.70. The molecule has 1 aliphatic rings. The molecule has 3 nitrogen and oxygen atoms in total. The zero-order chi connectivity index (χ0) is 13.1. The molecule has 1 saturated heterocycles. The Kier molecular flexibility index (Phi) is 4.19. The largest absolute Gasteiger partial charge is 0.396 e. The highest BCUT2D eigenvalue weighted by Crippen LogP contribution is 2.19. The van der Waals surface area contributed by atoms with E-state index >= 15 is 0 Å². The van der Waals surface area contributed by atoms with Crippen LogP contribution in [0.4, 0.5) is 10.1 Å². The smallest absolute Gasteiger partial charge is 0.146 e. The molecule has 1 heterocycles. The van der Waals surface area contributed by atoms with Crippen LogP contribution in [0.1, 0.15) is 12.0 Å². The van der Waals surface area contributed by atoms with Crippen LogP contribution in [0.2, 0.25) is 0 Å². The van der Waals surface area contributed by atoms with E-state index in [1.807, 2.05) is 6.07 Å². The van der Waals surface area contributed by atoms with Crippen LogP contribution in [0.5, 0.6) is 0 Å². The Hall–Kier alpha value is -1.13. The summed E-state index contributed by atoms with van der Waals surface area (Å²) in [6.45, 7) is 4.09. The number of benzene rings is 1. The van der Waals surface area contributed by atoms with E-state index in [1.54, 1.807) is 6.07 Å². The molecule has 0 radical (unpaired) electrons. The van der Waals surface area contributed by atoms with Gasteiger partial charge in [-0.05, 0) is 44.6 Å². The maximum Gasteiger partial charge on any atom is 0.146 e. The summed E-state index contributed by atoms with van der Waals surface area (Å²) in [4.78, 5) is 4.59. The van der Waals surface area contributed by atoms with Gasteiger partial charge in [0.1, 0.15) is 5.82 Å².